The molecule has 0 aromatic heterocycles. The van der Waals surface area contributed by atoms with Crippen LogP contribution in [0, 0.1) is 10.8 Å². The Hall–Kier alpha value is -0.0800. The molecule has 0 aliphatic heterocycles. The summed E-state index contributed by atoms with van der Waals surface area (Å²) in [4.78, 5) is 0. The SMILES string of the molecule is CC1(CNCCC2(CN)CCCCC2)CCCC1. The van der Waals surface area contributed by atoms with Gasteiger partial charge in [0.15, 0.2) is 0 Å². The number of rotatable bonds is 6. The third-order valence-electron chi connectivity index (χ3n) is 5.54. The largest absolute Gasteiger partial charge is 0.330 e. The van der Waals surface area contributed by atoms with E-state index in [0.717, 1.165) is 6.54 Å². The highest BCUT2D eigenvalue weighted by Gasteiger charge is 2.31. The highest BCUT2D eigenvalue weighted by molar-refractivity contribution is 4.86. The molecule has 2 fully saturated rings. The van der Waals surface area contributed by atoms with E-state index >= 15 is 0 Å². The number of nitrogens with two attached hydrogens (primary N) is 1. The Bertz CT molecular complexity index is 237. The molecule has 106 valence electrons. The fourth-order valence-corrected chi connectivity index (χ4v) is 4.01. The van der Waals surface area contributed by atoms with Crippen molar-refractivity contribution in [3.63, 3.8) is 0 Å². The van der Waals surface area contributed by atoms with Gasteiger partial charge in [-0.15, -0.1) is 0 Å². The molecule has 0 saturated heterocycles. The summed E-state index contributed by atoms with van der Waals surface area (Å²) in [6.45, 7) is 5.73. The van der Waals surface area contributed by atoms with Crippen molar-refractivity contribution >= 4 is 0 Å². The van der Waals surface area contributed by atoms with Crippen LogP contribution in [0.4, 0.5) is 0 Å². The third-order valence-corrected chi connectivity index (χ3v) is 5.54. The van der Waals surface area contributed by atoms with E-state index in [1.165, 1.54) is 77.3 Å². The number of nitrogens with one attached hydrogen (secondary N) is 1. The van der Waals surface area contributed by atoms with E-state index in [1.807, 2.05) is 0 Å². The van der Waals surface area contributed by atoms with Gasteiger partial charge in [0.1, 0.15) is 0 Å². The minimum Gasteiger partial charge on any atom is -0.330 e. The van der Waals surface area contributed by atoms with Crippen LogP contribution in [0.2, 0.25) is 0 Å². The van der Waals surface area contributed by atoms with Gasteiger partial charge < -0.3 is 11.1 Å². The zero-order chi connectivity index (χ0) is 12.9. The summed E-state index contributed by atoms with van der Waals surface area (Å²) in [5.74, 6) is 0. The molecule has 0 bridgehead atoms. The first-order valence-corrected chi connectivity index (χ1v) is 8.09. The fraction of sp³-hybridized carbons (Fsp3) is 1.00. The summed E-state index contributed by atoms with van der Waals surface area (Å²) in [5.41, 5.74) is 7.10. The van der Waals surface area contributed by atoms with Crippen molar-refractivity contribution in [2.75, 3.05) is 19.6 Å². The van der Waals surface area contributed by atoms with Gasteiger partial charge in [0.25, 0.3) is 0 Å². The van der Waals surface area contributed by atoms with Gasteiger partial charge >= 0.3 is 0 Å². The van der Waals surface area contributed by atoms with Crippen LogP contribution < -0.4 is 11.1 Å². The van der Waals surface area contributed by atoms with Crippen molar-refractivity contribution in [1.29, 1.82) is 0 Å². The molecule has 2 aliphatic rings. The standard InChI is InChI=1S/C16H32N2/c1-15(7-5-6-8-15)14-18-12-11-16(13-17)9-3-2-4-10-16/h18H,2-14,17H2,1H3. The lowest BCUT2D eigenvalue weighted by Crippen LogP contribution is -2.37. The molecule has 2 nitrogen and oxygen atoms in total. The molecule has 2 rings (SSSR count). The molecule has 0 amide bonds. The second-order valence-electron chi connectivity index (χ2n) is 7.21. The average Bonchev–Trinajstić information content (AvgIpc) is 2.83. The molecule has 0 aromatic rings. The molecule has 3 N–H and O–H groups in total. The Labute approximate surface area is 113 Å². The van der Waals surface area contributed by atoms with Gasteiger partial charge in [-0.05, 0) is 56.0 Å². The lowest BCUT2D eigenvalue weighted by molar-refractivity contribution is 0.177. The molecule has 0 aromatic carbocycles. The molecule has 0 heterocycles. The van der Waals surface area contributed by atoms with Crippen LogP contribution >= 0.6 is 0 Å². The Kier molecular flexibility index (Phi) is 5.08. The van der Waals surface area contributed by atoms with Gasteiger partial charge in [0.2, 0.25) is 0 Å². The summed E-state index contributed by atoms with van der Waals surface area (Å²) < 4.78 is 0. The van der Waals surface area contributed by atoms with E-state index in [1.54, 1.807) is 0 Å². The fourth-order valence-electron chi connectivity index (χ4n) is 4.01. The topological polar surface area (TPSA) is 38.0 Å². The van der Waals surface area contributed by atoms with E-state index in [4.69, 9.17) is 5.73 Å². The van der Waals surface area contributed by atoms with Crippen LogP contribution in [-0.2, 0) is 0 Å². The van der Waals surface area contributed by atoms with Crippen molar-refractivity contribution in [2.45, 2.75) is 71.1 Å². The second-order valence-corrected chi connectivity index (χ2v) is 7.21. The molecule has 2 aliphatic carbocycles. The molecule has 0 spiro atoms. The number of hydrogen-bond donors (Lipinski definition) is 2. The quantitative estimate of drug-likeness (QED) is 0.711. The summed E-state index contributed by atoms with van der Waals surface area (Å²) in [7, 11) is 0. The first-order valence-electron chi connectivity index (χ1n) is 8.09. The maximum atomic E-state index is 6.04. The van der Waals surface area contributed by atoms with Crippen molar-refractivity contribution < 1.29 is 0 Å². The van der Waals surface area contributed by atoms with Gasteiger partial charge in [0.05, 0.1) is 0 Å². The van der Waals surface area contributed by atoms with Crippen molar-refractivity contribution in [3.8, 4) is 0 Å². The van der Waals surface area contributed by atoms with E-state index in [9.17, 15) is 0 Å². The van der Waals surface area contributed by atoms with Crippen LogP contribution in [0.3, 0.4) is 0 Å². The van der Waals surface area contributed by atoms with Crippen molar-refractivity contribution in [3.05, 3.63) is 0 Å². The minimum absolute atomic E-state index is 0.474. The molecular formula is C16H32N2. The molecule has 2 heteroatoms. The molecule has 0 atom stereocenters. The second kappa shape index (κ2) is 6.38. The molecule has 0 unspecified atom stereocenters. The molecular weight excluding hydrogens is 220 g/mol. The van der Waals surface area contributed by atoms with Gasteiger partial charge in [-0.1, -0.05) is 39.0 Å². The Morgan fingerprint density at radius 2 is 1.56 bits per heavy atom. The Morgan fingerprint density at radius 3 is 2.17 bits per heavy atom. The normalized spacial score (nSPS) is 26.3. The van der Waals surface area contributed by atoms with E-state index in [-0.39, 0.29) is 0 Å². The first kappa shape index (κ1) is 14.3. The summed E-state index contributed by atoms with van der Waals surface area (Å²) in [6, 6.07) is 0. The van der Waals surface area contributed by atoms with Gasteiger partial charge in [-0.3, -0.25) is 0 Å². The Balaban J connectivity index is 1.67. The average molecular weight is 252 g/mol. The minimum atomic E-state index is 0.474. The van der Waals surface area contributed by atoms with Crippen molar-refractivity contribution in [2.24, 2.45) is 16.6 Å². The highest BCUT2D eigenvalue weighted by atomic mass is 14.9. The van der Waals surface area contributed by atoms with Crippen LogP contribution in [-0.4, -0.2) is 19.6 Å². The summed E-state index contributed by atoms with van der Waals surface area (Å²) in [6.07, 6.45) is 13.9. The van der Waals surface area contributed by atoms with E-state index in [0.29, 0.717) is 10.8 Å². The highest BCUT2D eigenvalue weighted by Crippen LogP contribution is 2.39. The molecule has 18 heavy (non-hydrogen) atoms. The predicted octanol–water partition coefficient (Wildman–Crippen LogP) is 3.46. The molecule has 2 saturated carbocycles. The first-order chi connectivity index (χ1) is 8.68. The lowest BCUT2D eigenvalue weighted by Gasteiger charge is -2.36. The van der Waals surface area contributed by atoms with Crippen LogP contribution in [0.1, 0.15) is 71.1 Å². The zero-order valence-electron chi connectivity index (χ0n) is 12.3. The maximum absolute atomic E-state index is 6.04. The van der Waals surface area contributed by atoms with Crippen LogP contribution in [0.15, 0.2) is 0 Å². The van der Waals surface area contributed by atoms with Crippen molar-refractivity contribution in [1.82, 2.24) is 5.32 Å². The monoisotopic (exact) mass is 252 g/mol. The molecule has 0 radical (unpaired) electrons. The smallest absolute Gasteiger partial charge is 0.000516 e. The van der Waals surface area contributed by atoms with E-state index < -0.39 is 0 Å². The number of hydrogen-bond acceptors (Lipinski definition) is 2. The third kappa shape index (κ3) is 3.71. The van der Waals surface area contributed by atoms with Gasteiger partial charge in [-0.2, -0.15) is 0 Å². The van der Waals surface area contributed by atoms with Crippen LogP contribution in [0.5, 0.6) is 0 Å². The van der Waals surface area contributed by atoms with Gasteiger partial charge in [0, 0.05) is 6.54 Å². The summed E-state index contributed by atoms with van der Waals surface area (Å²) in [5, 5.41) is 3.72. The predicted molar refractivity (Wildman–Crippen MR) is 78.6 cm³/mol. The maximum Gasteiger partial charge on any atom is 0.000516 e. The van der Waals surface area contributed by atoms with Crippen LogP contribution in [0.25, 0.3) is 0 Å². The lowest BCUT2D eigenvalue weighted by atomic mass is 9.72. The van der Waals surface area contributed by atoms with Gasteiger partial charge in [-0.25, -0.2) is 0 Å². The van der Waals surface area contributed by atoms with E-state index in [2.05, 4.69) is 12.2 Å². The Morgan fingerprint density at radius 1 is 0.944 bits per heavy atom. The zero-order valence-corrected chi connectivity index (χ0v) is 12.3. The summed E-state index contributed by atoms with van der Waals surface area (Å²) >= 11 is 0.